The Labute approximate surface area is 168 Å². The molecule has 0 unspecified atom stereocenters. The maximum atomic E-state index is 11.1. The van der Waals surface area contributed by atoms with Crippen LogP contribution in [-0.2, 0) is 9.09 Å². The minimum absolute atomic E-state index is 0.372. The molecule has 1 atom stereocenters. The van der Waals surface area contributed by atoms with Crippen LogP contribution in [0.5, 0.6) is 0 Å². The Morgan fingerprint density at radius 2 is 1.11 bits per heavy atom. The molecule has 0 fully saturated rings. The molecule has 5 nitrogen and oxygen atoms in total. The van der Waals surface area contributed by atoms with E-state index >= 15 is 0 Å². The van der Waals surface area contributed by atoms with Crippen molar-refractivity contribution in [1.82, 2.24) is 0 Å². The van der Waals surface area contributed by atoms with Gasteiger partial charge in [0.25, 0.3) is 0 Å². The lowest BCUT2D eigenvalue weighted by molar-refractivity contribution is -0.873. The van der Waals surface area contributed by atoms with Gasteiger partial charge in [-0.2, -0.15) is 0 Å². The lowest BCUT2D eigenvalue weighted by Crippen LogP contribution is -2.42. The van der Waals surface area contributed by atoms with E-state index in [1.807, 2.05) is 21.1 Å². The molecule has 0 spiro atoms. The molecule has 0 rings (SSSR count). The van der Waals surface area contributed by atoms with Crippen LogP contribution in [0.15, 0.2) is 0 Å². The van der Waals surface area contributed by atoms with Crippen LogP contribution in [0.1, 0.15) is 103 Å². The SMILES string of the molecule is CCCCCCCCCCCCCCCC[C@@H](C[N+](C)(C)C)OP(=O)(O)O. The molecule has 0 aliphatic heterocycles. The van der Waals surface area contributed by atoms with Gasteiger partial charge in [0.1, 0.15) is 12.6 Å². The number of hydrogen-bond acceptors (Lipinski definition) is 2. The number of phosphoric ester groups is 1. The van der Waals surface area contributed by atoms with E-state index < -0.39 is 7.82 Å². The van der Waals surface area contributed by atoms with Crippen LogP contribution >= 0.6 is 7.82 Å². The van der Waals surface area contributed by atoms with Gasteiger partial charge in [0.2, 0.25) is 0 Å². The second kappa shape index (κ2) is 15.9. The Bertz CT molecular complexity index is 379. The first-order valence-electron chi connectivity index (χ1n) is 11.2. The third-order valence-electron chi connectivity index (χ3n) is 4.92. The van der Waals surface area contributed by atoms with Crippen LogP contribution < -0.4 is 0 Å². The molecule has 0 aromatic heterocycles. The quantitative estimate of drug-likeness (QED) is 0.155. The Balaban J connectivity index is 3.58. The Morgan fingerprint density at radius 3 is 1.44 bits per heavy atom. The second-order valence-corrected chi connectivity index (χ2v) is 10.3. The summed E-state index contributed by atoms with van der Waals surface area (Å²) in [5.74, 6) is 0. The van der Waals surface area contributed by atoms with Crippen molar-refractivity contribution in [1.29, 1.82) is 0 Å². The summed E-state index contributed by atoms with van der Waals surface area (Å²) >= 11 is 0. The number of likely N-dealkylation sites (N-methyl/N-ethyl adjacent to an activating group) is 1. The van der Waals surface area contributed by atoms with Crippen molar-refractivity contribution in [3.05, 3.63) is 0 Å². The van der Waals surface area contributed by atoms with E-state index in [1.54, 1.807) is 0 Å². The highest BCUT2D eigenvalue weighted by atomic mass is 31.2. The summed E-state index contributed by atoms with van der Waals surface area (Å²) in [6, 6.07) is 0. The molecule has 0 heterocycles. The minimum Gasteiger partial charge on any atom is -0.329 e. The summed E-state index contributed by atoms with van der Waals surface area (Å²) in [5.41, 5.74) is 0. The van der Waals surface area contributed by atoms with E-state index in [2.05, 4.69) is 6.92 Å². The molecule has 27 heavy (non-hydrogen) atoms. The summed E-state index contributed by atoms with van der Waals surface area (Å²) in [5, 5.41) is 0. The molecule has 0 saturated carbocycles. The number of rotatable bonds is 19. The molecule has 0 aliphatic carbocycles. The highest BCUT2D eigenvalue weighted by Gasteiger charge is 2.26. The number of hydrogen-bond donors (Lipinski definition) is 2. The van der Waals surface area contributed by atoms with Gasteiger partial charge in [-0.1, -0.05) is 96.8 Å². The topological polar surface area (TPSA) is 66.8 Å². The Morgan fingerprint density at radius 1 is 0.741 bits per heavy atom. The molecule has 0 saturated heterocycles. The maximum absolute atomic E-state index is 11.1. The first-order valence-corrected chi connectivity index (χ1v) is 12.7. The fraction of sp³-hybridized carbons (Fsp3) is 1.00. The van der Waals surface area contributed by atoms with Gasteiger partial charge < -0.3 is 14.3 Å². The average Bonchev–Trinajstić information content (AvgIpc) is 2.52. The van der Waals surface area contributed by atoms with Crippen LogP contribution in [0.2, 0.25) is 0 Å². The lowest BCUT2D eigenvalue weighted by atomic mass is 10.0. The fourth-order valence-electron chi connectivity index (χ4n) is 3.55. The maximum Gasteiger partial charge on any atom is 0.470 e. The van der Waals surface area contributed by atoms with Gasteiger partial charge in [-0.25, -0.2) is 4.57 Å². The summed E-state index contributed by atoms with van der Waals surface area (Å²) in [6.07, 6.45) is 18.7. The normalized spacial score (nSPS) is 13.9. The molecular weight excluding hydrogens is 361 g/mol. The molecule has 0 aromatic rings. The molecule has 0 bridgehead atoms. The van der Waals surface area contributed by atoms with Gasteiger partial charge in [0, 0.05) is 0 Å². The third-order valence-corrected chi connectivity index (χ3v) is 5.49. The molecule has 0 aromatic carbocycles. The largest absolute Gasteiger partial charge is 0.470 e. The number of quaternary nitrogens is 1. The number of nitrogens with zero attached hydrogens (tertiary/aromatic N) is 1. The van der Waals surface area contributed by atoms with Crippen molar-refractivity contribution < 1.29 is 23.4 Å². The zero-order valence-electron chi connectivity index (χ0n) is 18.5. The second-order valence-electron chi connectivity index (χ2n) is 9.08. The molecule has 6 heteroatoms. The van der Waals surface area contributed by atoms with Gasteiger partial charge in [0.15, 0.2) is 0 Å². The van der Waals surface area contributed by atoms with Crippen LogP contribution in [0.3, 0.4) is 0 Å². The standard InChI is InChI=1S/C21H46NO4P/c1-5-6-7-8-9-10-11-12-13-14-15-16-17-18-19-21(20-22(2,3)4)26-27(23,24)25/h21H,5-20H2,1-4H3,(H-,23,24,25)/p+1/t21-/m0/s1. The molecule has 2 N–H and O–H groups in total. The monoisotopic (exact) mass is 408 g/mol. The predicted molar refractivity (Wildman–Crippen MR) is 115 cm³/mol. The average molecular weight is 409 g/mol. The van der Waals surface area contributed by atoms with Crippen molar-refractivity contribution in [3.8, 4) is 0 Å². The van der Waals surface area contributed by atoms with E-state index in [0.29, 0.717) is 11.0 Å². The fourth-order valence-corrected chi connectivity index (χ4v) is 4.11. The lowest BCUT2D eigenvalue weighted by Gasteiger charge is -2.29. The molecule has 0 radical (unpaired) electrons. The highest BCUT2D eigenvalue weighted by molar-refractivity contribution is 7.46. The van der Waals surface area contributed by atoms with Gasteiger partial charge in [-0.15, -0.1) is 0 Å². The van der Waals surface area contributed by atoms with Crippen LogP contribution in [0.4, 0.5) is 0 Å². The van der Waals surface area contributed by atoms with Crippen molar-refractivity contribution in [2.24, 2.45) is 0 Å². The summed E-state index contributed by atoms with van der Waals surface area (Å²) in [6.45, 7) is 2.88. The Kier molecular flexibility index (Phi) is 16.0. The van der Waals surface area contributed by atoms with E-state index in [1.165, 1.54) is 77.0 Å². The molecule has 0 aliphatic rings. The van der Waals surface area contributed by atoms with E-state index in [-0.39, 0.29) is 6.10 Å². The van der Waals surface area contributed by atoms with E-state index in [4.69, 9.17) is 14.3 Å². The van der Waals surface area contributed by atoms with Gasteiger partial charge in [-0.05, 0) is 6.42 Å². The third kappa shape index (κ3) is 22.2. The number of phosphoric acid groups is 1. The van der Waals surface area contributed by atoms with Gasteiger partial charge >= 0.3 is 7.82 Å². The molecule has 164 valence electrons. The van der Waals surface area contributed by atoms with E-state index in [0.717, 1.165) is 19.3 Å². The summed E-state index contributed by atoms with van der Waals surface area (Å²) in [7, 11) is 1.64. The van der Waals surface area contributed by atoms with Crippen molar-refractivity contribution in [3.63, 3.8) is 0 Å². The van der Waals surface area contributed by atoms with Crippen molar-refractivity contribution in [2.45, 2.75) is 109 Å². The van der Waals surface area contributed by atoms with Gasteiger partial charge in [0.05, 0.1) is 21.1 Å². The summed E-state index contributed by atoms with van der Waals surface area (Å²) in [4.78, 5) is 18.2. The zero-order valence-corrected chi connectivity index (χ0v) is 19.4. The Hall–Kier alpha value is 0.0700. The molecular formula is C21H47NO4P+. The minimum atomic E-state index is -4.41. The van der Waals surface area contributed by atoms with Crippen LogP contribution in [0, 0.1) is 0 Å². The zero-order chi connectivity index (χ0) is 20.6. The first-order chi connectivity index (χ1) is 12.6. The molecule has 0 amide bonds. The van der Waals surface area contributed by atoms with Crippen LogP contribution in [0.25, 0.3) is 0 Å². The van der Waals surface area contributed by atoms with Crippen molar-refractivity contribution >= 4 is 7.82 Å². The highest BCUT2D eigenvalue weighted by Crippen LogP contribution is 2.39. The van der Waals surface area contributed by atoms with Crippen molar-refractivity contribution in [2.75, 3.05) is 27.7 Å². The summed E-state index contributed by atoms with van der Waals surface area (Å²) < 4.78 is 16.8. The van der Waals surface area contributed by atoms with Crippen LogP contribution in [-0.4, -0.2) is 48.1 Å². The predicted octanol–water partition coefficient (Wildman–Crippen LogP) is 6.04. The van der Waals surface area contributed by atoms with E-state index in [9.17, 15) is 4.57 Å². The first kappa shape index (κ1) is 27.1. The number of unbranched alkanes of at least 4 members (excludes halogenated alkanes) is 13. The van der Waals surface area contributed by atoms with Gasteiger partial charge in [-0.3, -0.25) is 4.52 Å². The smallest absolute Gasteiger partial charge is 0.329 e.